The lowest BCUT2D eigenvalue weighted by Crippen LogP contribution is -2.68. The van der Waals surface area contributed by atoms with Gasteiger partial charge in [-0.15, -0.1) is 0 Å². The van der Waals surface area contributed by atoms with Crippen LogP contribution in [0.1, 0.15) is 46.0 Å². The van der Waals surface area contributed by atoms with E-state index in [2.05, 4.69) is 25.3 Å². The van der Waals surface area contributed by atoms with E-state index in [9.17, 15) is 15.3 Å². The van der Waals surface area contributed by atoms with Gasteiger partial charge in [0.2, 0.25) is 0 Å². The van der Waals surface area contributed by atoms with Crippen LogP contribution in [0, 0.1) is 39.9 Å². The summed E-state index contributed by atoms with van der Waals surface area (Å²) in [6, 6.07) is 0.373. The van der Waals surface area contributed by atoms with Crippen LogP contribution in [0.4, 0.5) is 0 Å². The van der Waals surface area contributed by atoms with E-state index in [0.717, 1.165) is 50.8 Å². The molecule has 1 heterocycles. The highest BCUT2D eigenvalue weighted by molar-refractivity contribution is 5.39. The Balaban J connectivity index is 1.61. The Kier molecular flexibility index (Phi) is 2.92. The normalized spacial score (nSPS) is 65.5. The van der Waals surface area contributed by atoms with Gasteiger partial charge in [-0.2, -0.15) is 0 Å². The SMILES string of the molecule is C=C1[C@H]2C[C@]3([C@@H]1O)[C@@H](C[C@@H]2O)[C@@]12[C@@H]4[C@@H]3C[C@H]1[C@@](C)(CC[C@@H]2O)CN4CC. The third-order valence-corrected chi connectivity index (χ3v) is 10.6. The smallest absolute Gasteiger partial charge is 0.0813 e. The average Bonchev–Trinajstić information content (AvgIpc) is 3.14. The van der Waals surface area contributed by atoms with Gasteiger partial charge < -0.3 is 15.3 Å². The van der Waals surface area contributed by atoms with Gasteiger partial charge in [-0.3, -0.25) is 4.90 Å². The third-order valence-electron chi connectivity index (χ3n) is 10.6. The van der Waals surface area contributed by atoms with E-state index in [1.807, 2.05) is 0 Å². The predicted octanol–water partition coefficient (Wildman–Crippen LogP) is 1.79. The Morgan fingerprint density at radius 3 is 2.69 bits per heavy atom. The maximum Gasteiger partial charge on any atom is 0.0813 e. The van der Waals surface area contributed by atoms with Crippen LogP contribution in [0.15, 0.2) is 12.2 Å². The Hall–Kier alpha value is -0.420. The number of nitrogens with zero attached hydrogens (tertiary/aromatic N) is 1. The van der Waals surface area contributed by atoms with E-state index in [4.69, 9.17) is 0 Å². The van der Waals surface area contributed by atoms with Crippen molar-refractivity contribution in [3.63, 3.8) is 0 Å². The van der Waals surface area contributed by atoms with Crippen LogP contribution >= 0.6 is 0 Å². The topological polar surface area (TPSA) is 63.9 Å². The molecule has 1 saturated heterocycles. The Morgan fingerprint density at radius 2 is 1.96 bits per heavy atom. The first kappa shape index (κ1) is 16.5. The molecule has 0 aromatic heterocycles. The van der Waals surface area contributed by atoms with Crippen molar-refractivity contribution in [1.82, 2.24) is 4.90 Å². The first-order valence-electron chi connectivity index (χ1n) is 10.8. The summed E-state index contributed by atoms with van der Waals surface area (Å²) >= 11 is 0. The van der Waals surface area contributed by atoms with Crippen molar-refractivity contribution < 1.29 is 15.3 Å². The zero-order valence-corrected chi connectivity index (χ0v) is 16.1. The molecular weight excluding hydrogens is 326 g/mol. The van der Waals surface area contributed by atoms with E-state index in [0.29, 0.717) is 17.9 Å². The number of aliphatic hydroxyl groups is 3. The highest BCUT2D eigenvalue weighted by Gasteiger charge is 2.85. The summed E-state index contributed by atoms with van der Waals surface area (Å²) in [4.78, 5) is 2.65. The fourth-order valence-corrected chi connectivity index (χ4v) is 9.97. The number of likely N-dealkylation sites (tertiary alicyclic amines) is 1. The standard InChI is InChI=1S/C22H33NO3/c1-4-23-10-20(3)6-5-17(25)22-15(20)7-13(18(22)23)21-9-12(11(2)19(21)26)14(24)8-16(21)22/h12-19,24-26H,2,4-10H2,1,3H3/t12-,13+,14+,15+,16-,17+,18+,19-,20+,21-,22+/m1/s1. The number of rotatable bonds is 1. The molecule has 0 amide bonds. The molecule has 144 valence electrons. The summed E-state index contributed by atoms with van der Waals surface area (Å²) in [5.41, 5.74) is 0.849. The fraction of sp³-hybridized carbons (Fsp3) is 0.909. The molecule has 5 aliphatic carbocycles. The highest BCUT2D eigenvalue weighted by Crippen LogP contribution is 2.83. The van der Waals surface area contributed by atoms with Crippen LogP contribution in [-0.2, 0) is 0 Å². The minimum Gasteiger partial charge on any atom is -0.392 e. The number of piperidine rings is 1. The van der Waals surface area contributed by atoms with Gasteiger partial charge in [0.05, 0.1) is 18.3 Å². The molecule has 5 saturated carbocycles. The second kappa shape index (κ2) is 4.59. The molecule has 7 bridgehead atoms. The molecule has 11 atom stereocenters. The summed E-state index contributed by atoms with van der Waals surface area (Å²) in [6.07, 6.45) is 3.58. The van der Waals surface area contributed by atoms with E-state index >= 15 is 0 Å². The quantitative estimate of drug-likeness (QED) is 0.625. The Bertz CT molecular complexity index is 695. The lowest BCUT2D eigenvalue weighted by Gasteiger charge is -2.65. The van der Waals surface area contributed by atoms with Gasteiger partial charge in [0.1, 0.15) is 0 Å². The Morgan fingerprint density at radius 1 is 1.19 bits per heavy atom. The van der Waals surface area contributed by atoms with Crippen molar-refractivity contribution in [2.24, 2.45) is 39.9 Å². The molecule has 6 fully saturated rings. The minimum absolute atomic E-state index is 0.0547. The highest BCUT2D eigenvalue weighted by atomic mass is 16.3. The van der Waals surface area contributed by atoms with Crippen LogP contribution in [0.25, 0.3) is 0 Å². The summed E-state index contributed by atoms with van der Waals surface area (Å²) in [5, 5.41) is 33.8. The van der Waals surface area contributed by atoms with Gasteiger partial charge in [-0.1, -0.05) is 20.4 Å². The second-order valence-corrected chi connectivity index (χ2v) is 10.9. The number of aliphatic hydroxyl groups excluding tert-OH is 3. The van der Waals surface area contributed by atoms with Crippen molar-refractivity contribution in [1.29, 1.82) is 0 Å². The van der Waals surface area contributed by atoms with Gasteiger partial charge in [0.15, 0.2) is 0 Å². The van der Waals surface area contributed by atoms with E-state index in [-0.39, 0.29) is 34.2 Å². The predicted molar refractivity (Wildman–Crippen MR) is 98.2 cm³/mol. The molecule has 3 N–H and O–H groups in total. The van der Waals surface area contributed by atoms with Crippen molar-refractivity contribution in [3.8, 4) is 0 Å². The molecule has 26 heavy (non-hydrogen) atoms. The van der Waals surface area contributed by atoms with Crippen LogP contribution in [-0.4, -0.2) is 57.7 Å². The van der Waals surface area contributed by atoms with Crippen molar-refractivity contribution >= 4 is 0 Å². The van der Waals surface area contributed by atoms with Crippen molar-refractivity contribution in [2.45, 2.75) is 70.3 Å². The lowest BCUT2D eigenvalue weighted by molar-refractivity contribution is -0.218. The van der Waals surface area contributed by atoms with E-state index in [1.54, 1.807) is 0 Å². The molecule has 0 unspecified atom stereocenters. The van der Waals surface area contributed by atoms with Gasteiger partial charge in [-0.05, 0) is 67.4 Å². The van der Waals surface area contributed by atoms with Crippen LogP contribution < -0.4 is 0 Å². The second-order valence-electron chi connectivity index (χ2n) is 10.9. The van der Waals surface area contributed by atoms with Crippen LogP contribution in [0.3, 0.4) is 0 Å². The lowest BCUT2D eigenvalue weighted by atomic mass is 9.43. The van der Waals surface area contributed by atoms with Crippen molar-refractivity contribution in [3.05, 3.63) is 12.2 Å². The van der Waals surface area contributed by atoms with Gasteiger partial charge in [-0.25, -0.2) is 0 Å². The molecule has 4 heteroatoms. The first-order valence-corrected chi connectivity index (χ1v) is 10.8. The summed E-state index contributed by atoms with van der Waals surface area (Å²) in [5.74, 6) is 1.26. The molecule has 1 aliphatic heterocycles. The molecule has 6 aliphatic rings. The fourth-order valence-electron chi connectivity index (χ4n) is 9.97. The van der Waals surface area contributed by atoms with Gasteiger partial charge >= 0.3 is 0 Å². The molecule has 4 nitrogen and oxygen atoms in total. The molecule has 0 radical (unpaired) electrons. The van der Waals surface area contributed by atoms with Crippen molar-refractivity contribution in [2.75, 3.05) is 13.1 Å². The molecule has 6 rings (SSSR count). The zero-order chi connectivity index (χ0) is 18.2. The van der Waals surface area contributed by atoms with Crippen LogP contribution in [0.5, 0.6) is 0 Å². The van der Waals surface area contributed by atoms with Crippen LogP contribution in [0.2, 0.25) is 0 Å². The average molecular weight is 360 g/mol. The summed E-state index contributed by atoms with van der Waals surface area (Å²) < 4.78 is 0. The monoisotopic (exact) mass is 359 g/mol. The van der Waals surface area contributed by atoms with Gasteiger partial charge in [0.25, 0.3) is 0 Å². The molecular formula is C22H33NO3. The zero-order valence-electron chi connectivity index (χ0n) is 16.1. The third kappa shape index (κ3) is 1.37. The number of fused-ring (bicyclic) bond motifs is 1. The first-order chi connectivity index (χ1) is 12.3. The molecule has 2 spiro atoms. The van der Waals surface area contributed by atoms with E-state index in [1.165, 1.54) is 0 Å². The summed E-state index contributed by atoms with van der Waals surface area (Å²) in [7, 11) is 0. The largest absolute Gasteiger partial charge is 0.392 e. The minimum atomic E-state index is -0.500. The summed E-state index contributed by atoms with van der Waals surface area (Å²) in [6.45, 7) is 11.1. The number of hydrogen-bond donors (Lipinski definition) is 3. The Labute approximate surface area is 156 Å². The number of hydrogen-bond acceptors (Lipinski definition) is 4. The molecule has 0 aromatic carbocycles. The van der Waals surface area contributed by atoms with Gasteiger partial charge in [0, 0.05) is 29.3 Å². The van der Waals surface area contributed by atoms with E-state index < -0.39 is 12.2 Å². The maximum absolute atomic E-state index is 11.5. The maximum atomic E-state index is 11.5. The molecule has 0 aromatic rings.